The van der Waals surface area contributed by atoms with E-state index < -0.39 is 0 Å². The molecule has 0 spiro atoms. The number of oxime groups is 1. The summed E-state index contributed by atoms with van der Waals surface area (Å²) in [4.78, 5) is 4.53. The van der Waals surface area contributed by atoms with Crippen molar-refractivity contribution in [3.8, 4) is 11.3 Å². The number of nitrogen functional groups attached to an aromatic ring is 1. The van der Waals surface area contributed by atoms with Crippen molar-refractivity contribution in [3.05, 3.63) is 102 Å². The van der Waals surface area contributed by atoms with Crippen LogP contribution in [0.3, 0.4) is 0 Å². The number of fused-ring (bicyclic) bond motifs is 2. The van der Waals surface area contributed by atoms with Crippen molar-refractivity contribution in [3.63, 3.8) is 0 Å². The van der Waals surface area contributed by atoms with E-state index in [1.807, 2.05) is 77.3 Å². The first kappa shape index (κ1) is 17.0. The van der Waals surface area contributed by atoms with E-state index in [0.717, 1.165) is 38.8 Å². The predicted molar refractivity (Wildman–Crippen MR) is 116 cm³/mol. The number of hydrogen-bond acceptors (Lipinski definition) is 4. The number of pyridine rings is 1. The lowest BCUT2D eigenvalue weighted by Crippen LogP contribution is -2.05. The maximum atomic E-state index is 9.68. The third-order valence-corrected chi connectivity index (χ3v) is 5.11. The Kier molecular flexibility index (Phi) is 3.99. The van der Waals surface area contributed by atoms with Crippen molar-refractivity contribution >= 4 is 27.9 Å². The van der Waals surface area contributed by atoms with Crippen LogP contribution in [0.25, 0.3) is 27.7 Å². The number of aromatic nitrogens is 2. The van der Waals surface area contributed by atoms with Crippen molar-refractivity contribution in [2.75, 3.05) is 5.73 Å². The molecule has 0 unspecified atom stereocenters. The molecule has 0 atom stereocenters. The first-order valence-electron chi connectivity index (χ1n) is 9.30. The molecule has 0 fully saturated rings. The van der Waals surface area contributed by atoms with Crippen molar-refractivity contribution in [2.24, 2.45) is 5.16 Å². The minimum absolute atomic E-state index is 0.459. The van der Waals surface area contributed by atoms with Crippen LogP contribution in [0.15, 0.2) is 96.3 Å². The zero-order chi connectivity index (χ0) is 19.8. The van der Waals surface area contributed by atoms with Crippen LogP contribution in [0.4, 0.5) is 5.82 Å². The molecule has 3 N–H and O–H groups in total. The van der Waals surface area contributed by atoms with Crippen LogP contribution in [-0.4, -0.2) is 20.3 Å². The molecule has 0 bridgehead atoms. The van der Waals surface area contributed by atoms with Gasteiger partial charge in [0, 0.05) is 22.9 Å². The lowest BCUT2D eigenvalue weighted by atomic mass is 10.0. The number of nitrogens with two attached hydrogens (primary N) is 1. The monoisotopic (exact) mass is 378 g/mol. The fraction of sp³-hybridized carbons (Fsp3) is 0. The van der Waals surface area contributed by atoms with Crippen LogP contribution in [0.2, 0.25) is 0 Å². The van der Waals surface area contributed by atoms with Crippen molar-refractivity contribution < 1.29 is 5.21 Å². The quantitative estimate of drug-likeness (QED) is 0.265. The van der Waals surface area contributed by atoms with Crippen LogP contribution in [0, 0.1) is 0 Å². The van der Waals surface area contributed by atoms with Gasteiger partial charge in [0.15, 0.2) is 5.82 Å². The van der Waals surface area contributed by atoms with Crippen LogP contribution in [0.5, 0.6) is 0 Å². The highest BCUT2D eigenvalue weighted by Gasteiger charge is 2.16. The van der Waals surface area contributed by atoms with E-state index in [2.05, 4.69) is 28.3 Å². The molecule has 140 valence electrons. The molecule has 5 heteroatoms. The predicted octanol–water partition coefficient (Wildman–Crippen LogP) is 4.96. The van der Waals surface area contributed by atoms with Crippen LogP contribution in [0.1, 0.15) is 11.1 Å². The highest BCUT2D eigenvalue weighted by molar-refractivity contribution is 6.12. The summed E-state index contributed by atoms with van der Waals surface area (Å²) in [6, 6.07) is 27.7. The molecular formula is C24H18N4O. The van der Waals surface area contributed by atoms with Crippen LogP contribution >= 0.6 is 0 Å². The largest absolute Gasteiger partial charge is 0.410 e. The molecule has 2 heterocycles. The van der Waals surface area contributed by atoms with Gasteiger partial charge in [0.25, 0.3) is 0 Å². The van der Waals surface area contributed by atoms with E-state index in [9.17, 15) is 5.21 Å². The second kappa shape index (κ2) is 6.80. The second-order valence-corrected chi connectivity index (χ2v) is 6.83. The Morgan fingerprint density at radius 3 is 2.41 bits per heavy atom. The zero-order valence-corrected chi connectivity index (χ0v) is 15.5. The lowest BCUT2D eigenvalue weighted by Gasteiger charge is -2.10. The molecule has 0 saturated heterocycles. The smallest absolute Gasteiger partial charge is 0.150 e. The molecular weight excluding hydrogens is 360 g/mol. The summed E-state index contributed by atoms with van der Waals surface area (Å²) < 4.78 is 1.96. The summed E-state index contributed by atoms with van der Waals surface area (Å²) in [5, 5.41) is 15.5. The van der Waals surface area contributed by atoms with E-state index in [1.54, 1.807) is 0 Å². The Bertz CT molecular complexity index is 1360. The standard InChI is InChI=1S/C24H18N4O/c25-24-23(20-12-6-10-16-7-4-5-11-19(16)20)28-15-18(13-14-21(28)26-24)22(27-29)17-8-2-1-3-9-17/h1-15,29H,25H2/b27-22+. The Balaban J connectivity index is 1.75. The molecule has 29 heavy (non-hydrogen) atoms. The normalized spacial score (nSPS) is 11.9. The third-order valence-electron chi connectivity index (χ3n) is 5.11. The summed E-state index contributed by atoms with van der Waals surface area (Å²) in [6.45, 7) is 0. The number of imidazole rings is 1. The average Bonchev–Trinajstić information content (AvgIpc) is 3.09. The highest BCUT2D eigenvalue weighted by Crippen LogP contribution is 2.33. The Labute approximate surface area is 167 Å². The number of anilines is 1. The Morgan fingerprint density at radius 2 is 1.59 bits per heavy atom. The van der Waals surface area contributed by atoms with Crippen LogP contribution in [-0.2, 0) is 0 Å². The minimum atomic E-state index is 0.459. The number of benzene rings is 3. The maximum absolute atomic E-state index is 9.68. The van der Waals surface area contributed by atoms with Crippen LogP contribution < -0.4 is 5.73 Å². The first-order chi connectivity index (χ1) is 14.3. The van der Waals surface area contributed by atoms with Gasteiger partial charge in [0.1, 0.15) is 11.4 Å². The lowest BCUT2D eigenvalue weighted by molar-refractivity contribution is 0.319. The van der Waals surface area contributed by atoms with Crippen molar-refractivity contribution in [2.45, 2.75) is 0 Å². The number of rotatable bonds is 3. The second-order valence-electron chi connectivity index (χ2n) is 6.83. The molecule has 0 aliphatic carbocycles. The fourth-order valence-corrected chi connectivity index (χ4v) is 3.78. The summed E-state index contributed by atoms with van der Waals surface area (Å²) in [5.74, 6) is 0.459. The fourth-order valence-electron chi connectivity index (χ4n) is 3.78. The van der Waals surface area contributed by atoms with Gasteiger partial charge in [0.05, 0.1) is 5.69 Å². The Morgan fingerprint density at radius 1 is 0.828 bits per heavy atom. The van der Waals surface area contributed by atoms with Gasteiger partial charge >= 0.3 is 0 Å². The van der Waals surface area contributed by atoms with E-state index in [4.69, 9.17) is 5.73 Å². The van der Waals surface area contributed by atoms with Gasteiger partial charge in [-0.25, -0.2) is 4.98 Å². The minimum Gasteiger partial charge on any atom is -0.410 e. The average molecular weight is 378 g/mol. The highest BCUT2D eigenvalue weighted by atomic mass is 16.4. The van der Waals surface area contributed by atoms with Crippen molar-refractivity contribution in [1.29, 1.82) is 0 Å². The topological polar surface area (TPSA) is 75.9 Å². The van der Waals surface area contributed by atoms with Gasteiger partial charge in [-0.2, -0.15) is 0 Å². The first-order valence-corrected chi connectivity index (χ1v) is 9.30. The summed E-state index contributed by atoms with van der Waals surface area (Å²) in [5.41, 5.74) is 11.0. The molecule has 0 aliphatic heterocycles. The zero-order valence-electron chi connectivity index (χ0n) is 15.5. The van der Waals surface area contributed by atoms with Gasteiger partial charge in [-0.15, -0.1) is 0 Å². The molecule has 0 radical (unpaired) electrons. The number of hydrogen-bond donors (Lipinski definition) is 2. The molecule has 0 saturated carbocycles. The van der Waals surface area contributed by atoms with Gasteiger partial charge in [-0.1, -0.05) is 78.0 Å². The van der Waals surface area contributed by atoms with E-state index in [1.165, 1.54) is 0 Å². The molecule has 2 aromatic heterocycles. The molecule has 3 aromatic carbocycles. The molecule has 0 amide bonds. The summed E-state index contributed by atoms with van der Waals surface area (Å²) in [7, 11) is 0. The molecule has 5 aromatic rings. The van der Waals surface area contributed by atoms with Crippen molar-refractivity contribution in [1.82, 2.24) is 9.38 Å². The van der Waals surface area contributed by atoms with Gasteiger partial charge < -0.3 is 10.9 Å². The molecule has 0 aliphatic rings. The van der Waals surface area contributed by atoms with E-state index >= 15 is 0 Å². The van der Waals surface area contributed by atoms with E-state index in [0.29, 0.717) is 11.5 Å². The SMILES string of the molecule is Nc1nc2ccc(/C(=N/O)c3ccccc3)cn2c1-c1cccc2ccccc12. The van der Waals surface area contributed by atoms with Gasteiger partial charge in [-0.05, 0) is 22.9 Å². The number of nitrogens with zero attached hydrogens (tertiary/aromatic N) is 3. The maximum Gasteiger partial charge on any atom is 0.150 e. The Hall–Kier alpha value is -4.12. The van der Waals surface area contributed by atoms with Gasteiger partial charge in [-0.3, -0.25) is 4.40 Å². The molecule has 5 nitrogen and oxygen atoms in total. The summed E-state index contributed by atoms with van der Waals surface area (Å²) in [6.07, 6.45) is 1.91. The van der Waals surface area contributed by atoms with Gasteiger partial charge in [0.2, 0.25) is 0 Å². The third kappa shape index (κ3) is 2.80. The molecule has 5 rings (SSSR count). The summed E-state index contributed by atoms with van der Waals surface area (Å²) >= 11 is 0. The van der Waals surface area contributed by atoms with E-state index in [-0.39, 0.29) is 0 Å².